The van der Waals surface area contributed by atoms with Gasteiger partial charge >= 0.3 is 0 Å². The fourth-order valence-electron chi connectivity index (χ4n) is 2.69. The Morgan fingerprint density at radius 3 is 2.69 bits per heavy atom. The number of benzene rings is 1. The smallest absolute Gasteiger partial charge is 0.0125 e. The highest BCUT2D eigenvalue weighted by molar-refractivity contribution is 5.27. The Hall–Kier alpha value is -1.04. The van der Waals surface area contributed by atoms with E-state index in [1.165, 1.54) is 43.2 Å². The molecule has 1 atom stereocenters. The van der Waals surface area contributed by atoms with Gasteiger partial charge in [-0.15, -0.1) is 0 Å². The number of hydrogen-bond donors (Lipinski definition) is 0. The Balaban J connectivity index is 2.09. The number of hydrogen-bond acceptors (Lipinski definition) is 0. The summed E-state index contributed by atoms with van der Waals surface area (Å²) in [5.74, 6) is 0.771. The van der Waals surface area contributed by atoms with Crippen LogP contribution in [0, 0.1) is 6.92 Å². The van der Waals surface area contributed by atoms with Gasteiger partial charge in [-0.3, -0.25) is 0 Å². The highest BCUT2D eigenvalue weighted by Crippen LogP contribution is 2.35. The van der Waals surface area contributed by atoms with Crippen molar-refractivity contribution in [3.8, 4) is 0 Å². The quantitative estimate of drug-likeness (QED) is 0.608. The minimum atomic E-state index is 0.771. The lowest BCUT2D eigenvalue weighted by molar-refractivity contribution is 0.521. The molecule has 2 rings (SSSR count). The molecule has 1 aromatic carbocycles. The van der Waals surface area contributed by atoms with Crippen molar-refractivity contribution in [3.05, 3.63) is 47.0 Å². The van der Waals surface area contributed by atoms with Crippen LogP contribution >= 0.6 is 0 Å². The highest BCUT2D eigenvalue weighted by atomic mass is 14.2. The van der Waals surface area contributed by atoms with Crippen molar-refractivity contribution < 1.29 is 0 Å². The molecular weight excluding hydrogens is 192 g/mol. The molecule has 1 fully saturated rings. The van der Waals surface area contributed by atoms with Crippen LogP contribution in [0.3, 0.4) is 0 Å². The van der Waals surface area contributed by atoms with Crippen molar-refractivity contribution in [3.63, 3.8) is 0 Å². The van der Waals surface area contributed by atoms with E-state index in [4.69, 9.17) is 0 Å². The van der Waals surface area contributed by atoms with Crippen LogP contribution in [-0.2, 0) is 0 Å². The van der Waals surface area contributed by atoms with Gasteiger partial charge in [-0.05, 0) is 50.5 Å². The van der Waals surface area contributed by atoms with Gasteiger partial charge in [-0.1, -0.05) is 48.4 Å². The van der Waals surface area contributed by atoms with Gasteiger partial charge in [0.25, 0.3) is 0 Å². The minimum absolute atomic E-state index is 0.771. The van der Waals surface area contributed by atoms with Crippen molar-refractivity contribution in [1.82, 2.24) is 0 Å². The van der Waals surface area contributed by atoms with E-state index in [0.29, 0.717) is 0 Å². The third-order valence-electron chi connectivity index (χ3n) is 3.60. The summed E-state index contributed by atoms with van der Waals surface area (Å²) in [6.07, 6.45) is 8.97. The standard InChI is InChI=1S/C16H22/c1-3-5-14-6-4-7-16(12-14)15-10-8-13(2)9-11-15/h5,8-11,16H,3-4,6-7,12H2,1-2H3/b14-5+. The molecule has 0 aromatic heterocycles. The van der Waals surface area contributed by atoms with Crippen molar-refractivity contribution in [1.29, 1.82) is 0 Å². The summed E-state index contributed by atoms with van der Waals surface area (Å²) < 4.78 is 0. The maximum atomic E-state index is 2.43. The largest absolute Gasteiger partial charge is 0.0856 e. The average molecular weight is 214 g/mol. The van der Waals surface area contributed by atoms with E-state index in [2.05, 4.69) is 44.2 Å². The summed E-state index contributed by atoms with van der Waals surface area (Å²) in [7, 11) is 0. The van der Waals surface area contributed by atoms with Crippen LogP contribution in [0.5, 0.6) is 0 Å². The van der Waals surface area contributed by atoms with Gasteiger partial charge in [0, 0.05) is 0 Å². The maximum absolute atomic E-state index is 2.43. The van der Waals surface area contributed by atoms with Crippen molar-refractivity contribution >= 4 is 0 Å². The molecule has 1 unspecified atom stereocenters. The Morgan fingerprint density at radius 1 is 1.25 bits per heavy atom. The predicted molar refractivity (Wildman–Crippen MR) is 70.8 cm³/mol. The zero-order valence-corrected chi connectivity index (χ0v) is 10.5. The van der Waals surface area contributed by atoms with Crippen molar-refractivity contribution in [2.45, 2.75) is 51.9 Å². The van der Waals surface area contributed by atoms with Crippen LogP contribution in [0.1, 0.15) is 56.1 Å². The van der Waals surface area contributed by atoms with Crippen molar-refractivity contribution in [2.24, 2.45) is 0 Å². The van der Waals surface area contributed by atoms with Crippen molar-refractivity contribution in [2.75, 3.05) is 0 Å². The van der Waals surface area contributed by atoms with E-state index < -0.39 is 0 Å². The monoisotopic (exact) mass is 214 g/mol. The first-order valence-electron chi connectivity index (χ1n) is 6.54. The molecule has 1 aliphatic rings. The fraction of sp³-hybridized carbons (Fsp3) is 0.500. The lowest BCUT2D eigenvalue weighted by atomic mass is 9.81. The van der Waals surface area contributed by atoms with Crippen LogP contribution in [0.25, 0.3) is 0 Å². The molecule has 0 heteroatoms. The van der Waals surface area contributed by atoms with E-state index in [0.717, 1.165) is 5.92 Å². The summed E-state index contributed by atoms with van der Waals surface area (Å²) in [6.45, 7) is 4.40. The molecule has 0 nitrogen and oxygen atoms in total. The molecule has 1 saturated carbocycles. The fourth-order valence-corrected chi connectivity index (χ4v) is 2.69. The average Bonchev–Trinajstić information content (AvgIpc) is 2.31. The number of allylic oxidation sites excluding steroid dienone is 2. The van der Waals surface area contributed by atoms with Gasteiger partial charge in [-0.25, -0.2) is 0 Å². The van der Waals surface area contributed by atoms with Crippen LogP contribution in [-0.4, -0.2) is 0 Å². The lowest BCUT2D eigenvalue weighted by Gasteiger charge is -2.24. The SMILES string of the molecule is CC/C=C1\CCCC(c2ccc(C)cc2)C1. The molecule has 0 aliphatic heterocycles. The van der Waals surface area contributed by atoms with Gasteiger partial charge in [0.15, 0.2) is 0 Å². The normalized spacial score (nSPS) is 23.6. The molecule has 86 valence electrons. The summed E-state index contributed by atoms with van der Waals surface area (Å²) in [5, 5.41) is 0. The summed E-state index contributed by atoms with van der Waals surface area (Å²) in [4.78, 5) is 0. The van der Waals surface area contributed by atoms with E-state index in [1.807, 2.05) is 0 Å². The van der Waals surface area contributed by atoms with Gasteiger partial charge in [0.1, 0.15) is 0 Å². The topological polar surface area (TPSA) is 0 Å². The number of rotatable bonds is 2. The van der Waals surface area contributed by atoms with Gasteiger partial charge in [-0.2, -0.15) is 0 Å². The van der Waals surface area contributed by atoms with Crippen LogP contribution in [0.2, 0.25) is 0 Å². The van der Waals surface area contributed by atoms with Crippen LogP contribution in [0.4, 0.5) is 0 Å². The van der Waals surface area contributed by atoms with Gasteiger partial charge in [0.05, 0.1) is 0 Å². The molecule has 0 heterocycles. The van der Waals surface area contributed by atoms with Crippen LogP contribution < -0.4 is 0 Å². The molecule has 1 aliphatic carbocycles. The summed E-state index contributed by atoms with van der Waals surface area (Å²) >= 11 is 0. The number of aryl methyl sites for hydroxylation is 1. The molecule has 1 aromatic rings. The van der Waals surface area contributed by atoms with Crippen LogP contribution in [0.15, 0.2) is 35.9 Å². The Morgan fingerprint density at radius 2 is 2.00 bits per heavy atom. The molecule has 0 amide bonds. The molecule has 0 saturated heterocycles. The molecule has 16 heavy (non-hydrogen) atoms. The van der Waals surface area contributed by atoms with E-state index in [1.54, 1.807) is 5.57 Å². The first kappa shape index (κ1) is 11.4. The second-order valence-electron chi connectivity index (χ2n) is 4.97. The molecular formula is C16H22. The summed E-state index contributed by atoms with van der Waals surface area (Å²) in [6, 6.07) is 9.12. The first-order valence-corrected chi connectivity index (χ1v) is 6.54. The predicted octanol–water partition coefficient (Wildman–Crippen LogP) is 4.99. The lowest BCUT2D eigenvalue weighted by Crippen LogP contribution is -2.06. The maximum Gasteiger partial charge on any atom is -0.0125 e. The second-order valence-corrected chi connectivity index (χ2v) is 4.97. The Kier molecular flexibility index (Phi) is 3.82. The molecule has 0 radical (unpaired) electrons. The Labute approximate surface area is 99.4 Å². The first-order chi connectivity index (χ1) is 7.79. The molecule has 0 bridgehead atoms. The minimum Gasteiger partial charge on any atom is -0.0856 e. The molecule has 0 N–H and O–H groups in total. The van der Waals surface area contributed by atoms with Gasteiger partial charge in [0.2, 0.25) is 0 Å². The third-order valence-corrected chi connectivity index (χ3v) is 3.60. The van der Waals surface area contributed by atoms with E-state index >= 15 is 0 Å². The van der Waals surface area contributed by atoms with E-state index in [-0.39, 0.29) is 0 Å². The molecule has 0 spiro atoms. The highest BCUT2D eigenvalue weighted by Gasteiger charge is 2.17. The third kappa shape index (κ3) is 2.75. The van der Waals surface area contributed by atoms with E-state index in [9.17, 15) is 0 Å². The summed E-state index contributed by atoms with van der Waals surface area (Å²) in [5.41, 5.74) is 4.58. The zero-order valence-electron chi connectivity index (χ0n) is 10.5. The second kappa shape index (κ2) is 5.34. The van der Waals surface area contributed by atoms with Gasteiger partial charge < -0.3 is 0 Å². The Bertz CT molecular complexity index is 356. The zero-order chi connectivity index (χ0) is 11.4.